The zero-order chi connectivity index (χ0) is 19.8. The van der Waals surface area contributed by atoms with E-state index in [0.717, 1.165) is 5.69 Å². The van der Waals surface area contributed by atoms with Crippen LogP contribution >= 0.6 is 0 Å². The van der Waals surface area contributed by atoms with E-state index in [9.17, 15) is 18.0 Å². The number of aryl methyl sites for hydroxylation is 1. The normalized spacial score (nSPS) is 23.1. The second-order valence-corrected chi connectivity index (χ2v) is 7.97. The molecule has 27 heavy (non-hydrogen) atoms. The van der Waals surface area contributed by atoms with Crippen LogP contribution in [0.15, 0.2) is 6.20 Å². The van der Waals surface area contributed by atoms with Crippen molar-refractivity contribution in [3.05, 3.63) is 11.9 Å². The summed E-state index contributed by atoms with van der Waals surface area (Å²) in [5.74, 6) is -1.26. The van der Waals surface area contributed by atoms with E-state index in [1.807, 2.05) is 13.8 Å². The summed E-state index contributed by atoms with van der Waals surface area (Å²) < 4.78 is 47.8. The molecule has 1 spiro atoms. The SMILES string of the molecule is CC(C)c1nn(C)cc1NC(=O)N1CC[C@@H](C(F)(F)F)C2(CCOCC2)C1. The molecule has 9 heteroatoms. The third-order valence-corrected chi connectivity index (χ3v) is 5.75. The Morgan fingerprint density at radius 1 is 1.37 bits per heavy atom. The molecule has 2 aliphatic heterocycles. The van der Waals surface area contributed by atoms with Crippen LogP contribution < -0.4 is 5.32 Å². The largest absolute Gasteiger partial charge is 0.392 e. The molecule has 152 valence electrons. The molecule has 0 saturated carbocycles. The fourth-order valence-corrected chi connectivity index (χ4v) is 4.35. The molecular weight excluding hydrogens is 361 g/mol. The number of anilines is 1. The van der Waals surface area contributed by atoms with Crippen molar-refractivity contribution in [1.29, 1.82) is 0 Å². The van der Waals surface area contributed by atoms with Gasteiger partial charge in [-0.3, -0.25) is 4.68 Å². The summed E-state index contributed by atoms with van der Waals surface area (Å²) in [6.45, 7) is 4.76. The maximum Gasteiger partial charge on any atom is 0.392 e. The number of nitrogens with one attached hydrogen (secondary N) is 1. The fraction of sp³-hybridized carbons (Fsp3) is 0.778. The number of carbonyl (C=O) groups excluding carboxylic acids is 1. The van der Waals surface area contributed by atoms with Crippen LogP contribution in [0.5, 0.6) is 0 Å². The molecule has 2 saturated heterocycles. The maximum absolute atomic E-state index is 13.6. The van der Waals surface area contributed by atoms with Gasteiger partial charge in [0, 0.05) is 45.0 Å². The summed E-state index contributed by atoms with van der Waals surface area (Å²) in [7, 11) is 1.77. The third-order valence-electron chi connectivity index (χ3n) is 5.75. The summed E-state index contributed by atoms with van der Waals surface area (Å²) >= 11 is 0. The minimum absolute atomic E-state index is 0.0685. The molecule has 1 atom stereocenters. The van der Waals surface area contributed by atoms with Gasteiger partial charge in [-0.15, -0.1) is 0 Å². The highest BCUT2D eigenvalue weighted by Gasteiger charge is 2.56. The van der Waals surface area contributed by atoms with Crippen LogP contribution in [0, 0.1) is 11.3 Å². The molecule has 2 aliphatic rings. The smallest absolute Gasteiger partial charge is 0.381 e. The van der Waals surface area contributed by atoms with E-state index in [1.165, 1.54) is 4.90 Å². The van der Waals surface area contributed by atoms with Gasteiger partial charge in [-0.05, 0) is 25.2 Å². The number of hydrogen-bond donors (Lipinski definition) is 1. The van der Waals surface area contributed by atoms with Crippen molar-refractivity contribution in [2.24, 2.45) is 18.4 Å². The van der Waals surface area contributed by atoms with Crippen LogP contribution in [0.4, 0.5) is 23.7 Å². The first-order valence-electron chi connectivity index (χ1n) is 9.36. The van der Waals surface area contributed by atoms with Crippen molar-refractivity contribution < 1.29 is 22.7 Å². The third kappa shape index (κ3) is 4.07. The van der Waals surface area contributed by atoms with Crippen molar-refractivity contribution >= 4 is 11.7 Å². The molecule has 0 unspecified atom stereocenters. The van der Waals surface area contributed by atoms with Crippen LogP contribution in [-0.4, -0.2) is 53.2 Å². The van der Waals surface area contributed by atoms with Gasteiger partial charge in [0.2, 0.25) is 0 Å². The lowest BCUT2D eigenvalue weighted by molar-refractivity contribution is -0.232. The Morgan fingerprint density at radius 2 is 2.04 bits per heavy atom. The van der Waals surface area contributed by atoms with E-state index in [1.54, 1.807) is 17.9 Å². The quantitative estimate of drug-likeness (QED) is 0.839. The molecule has 1 N–H and O–H groups in total. The Balaban J connectivity index is 1.77. The summed E-state index contributed by atoms with van der Waals surface area (Å²) in [6.07, 6.45) is -1.95. The van der Waals surface area contributed by atoms with Gasteiger partial charge in [-0.25, -0.2) is 4.79 Å². The Kier molecular flexibility index (Phi) is 5.42. The summed E-state index contributed by atoms with van der Waals surface area (Å²) in [5.41, 5.74) is 0.412. The maximum atomic E-state index is 13.6. The van der Waals surface area contributed by atoms with Crippen LogP contribution in [-0.2, 0) is 11.8 Å². The average molecular weight is 388 g/mol. The Morgan fingerprint density at radius 3 is 2.63 bits per heavy atom. The lowest BCUT2D eigenvalue weighted by Gasteiger charge is -2.50. The monoisotopic (exact) mass is 388 g/mol. The van der Waals surface area contributed by atoms with E-state index < -0.39 is 17.5 Å². The summed E-state index contributed by atoms with van der Waals surface area (Å²) in [6, 6.07) is -0.364. The number of ether oxygens (including phenoxy) is 1. The number of hydrogen-bond acceptors (Lipinski definition) is 3. The minimum atomic E-state index is -4.26. The Hall–Kier alpha value is -1.77. The molecule has 2 fully saturated rings. The zero-order valence-electron chi connectivity index (χ0n) is 16.0. The number of urea groups is 1. The van der Waals surface area contributed by atoms with Crippen molar-refractivity contribution in [1.82, 2.24) is 14.7 Å². The van der Waals surface area contributed by atoms with Crippen LogP contribution in [0.3, 0.4) is 0 Å². The molecular formula is C18H27F3N4O2. The van der Waals surface area contributed by atoms with Crippen molar-refractivity contribution in [2.75, 3.05) is 31.6 Å². The lowest BCUT2D eigenvalue weighted by atomic mass is 9.66. The van der Waals surface area contributed by atoms with E-state index in [2.05, 4.69) is 10.4 Å². The molecule has 1 aromatic rings. The van der Waals surface area contributed by atoms with Gasteiger partial charge in [-0.1, -0.05) is 13.8 Å². The van der Waals surface area contributed by atoms with Gasteiger partial charge in [0.25, 0.3) is 0 Å². The van der Waals surface area contributed by atoms with Crippen LogP contribution in [0.25, 0.3) is 0 Å². The Labute approximate surface area is 157 Å². The number of nitrogens with zero attached hydrogens (tertiary/aromatic N) is 3. The zero-order valence-corrected chi connectivity index (χ0v) is 16.0. The van der Waals surface area contributed by atoms with Gasteiger partial charge in [0.1, 0.15) is 0 Å². The second kappa shape index (κ2) is 7.33. The molecule has 2 amide bonds. The highest BCUT2D eigenvalue weighted by Crippen LogP contribution is 2.50. The predicted octanol–water partition coefficient (Wildman–Crippen LogP) is 3.76. The number of carbonyl (C=O) groups is 1. The fourth-order valence-electron chi connectivity index (χ4n) is 4.35. The Bertz CT molecular complexity index is 681. The number of likely N-dealkylation sites (tertiary alicyclic amines) is 1. The van der Waals surface area contributed by atoms with Gasteiger partial charge in [0.15, 0.2) is 0 Å². The van der Waals surface area contributed by atoms with Crippen molar-refractivity contribution in [3.63, 3.8) is 0 Å². The van der Waals surface area contributed by atoms with Crippen LogP contribution in [0.2, 0.25) is 0 Å². The standard InChI is InChI=1S/C18H27F3N4O2/c1-12(2)15-13(10-24(3)23-15)22-16(26)25-7-4-14(18(19,20)21)17(11-25)5-8-27-9-6-17/h10,12,14H,4-9,11H2,1-3H3,(H,22,26)/t14-/m1/s1. The summed E-state index contributed by atoms with van der Waals surface area (Å²) in [4.78, 5) is 14.3. The molecule has 1 aromatic heterocycles. The topological polar surface area (TPSA) is 59.4 Å². The predicted molar refractivity (Wildman–Crippen MR) is 94.5 cm³/mol. The average Bonchev–Trinajstić information content (AvgIpc) is 2.95. The number of aromatic nitrogens is 2. The van der Waals surface area contributed by atoms with Crippen LogP contribution in [0.1, 0.15) is 44.7 Å². The number of halogens is 3. The number of alkyl halides is 3. The molecule has 0 aliphatic carbocycles. The molecule has 3 rings (SSSR count). The first-order chi connectivity index (χ1) is 12.6. The highest BCUT2D eigenvalue weighted by molar-refractivity contribution is 5.90. The molecule has 3 heterocycles. The van der Waals surface area contributed by atoms with E-state index in [4.69, 9.17) is 4.74 Å². The van der Waals surface area contributed by atoms with E-state index in [-0.39, 0.29) is 31.5 Å². The number of piperidine rings is 1. The van der Waals surface area contributed by atoms with Crippen molar-refractivity contribution in [3.8, 4) is 0 Å². The highest BCUT2D eigenvalue weighted by atomic mass is 19.4. The lowest BCUT2D eigenvalue weighted by Crippen LogP contribution is -2.57. The molecule has 6 nitrogen and oxygen atoms in total. The van der Waals surface area contributed by atoms with E-state index >= 15 is 0 Å². The first-order valence-corrected chi connectivity index (χ1v) is 9.36. The van der Waals surface area contributed by atoms with Gasteiger partial charge in [0.05, 0.1) is 17.3 Å². The number of amides is 2. The molecule has 0 radical (unpaired) electrons. The van der Waals surface area contributed by atoms with Gasteiger partial charge >= 0.3 is 12.2 Å². The van der Waals surface area contributed by atoms with Crippen molar-refractivity contribution in [2.45, 2.75) is 45.2 Å². The molecule has 0 aromatic carbocycles. The van der Waals surface area contributed by atoms with E-state index in [0.29, 0.717) is 31.7 Å². The first kappa shape index (κ1) is 20.0. The van der Waals surface area contributed by atoms with Gasteiger partial charge in [-0.2, -0.15) is 18.3 Å². The number of rotatable bonds is 2. The van der Waals surface area contributed by atoms with Gasteiger partial charge < -0.3 is 15.0 Å². The minimum Gasteiger partial charge on any atom is -0.381 e. The summed E-state index contributed by atoms with van der Waals surface area (Å²) in [5, 5.41) is 7.20. The second-order valence-electron chi connectivity index (χ2n) is 7.97. The molecule has 0 bridgehead atoms.